The van der Waals surface area contributed by atoms with E-state index in [4.69, 9.17) is 15.9 Å². The molecule has 8 heteroatoms. The molecule has 3 atom stereocenters. The smallest absolute Gasteiger partial charge is 0.248 e. The van der Waals surface area contributed by atoms with Crippen LogP contribution in [0.3, 0.4) is 0 Å². The molecule has 1 aromatic carbocycles. The quantitative estimate of drug-likeness (QED) is 0.660. The summed E-state index contributed by atoms with van der Waals surface area (Å²) in [5.74, 6) is -1.89. The van der Waals surface area contributed by atoms with E-state index in [0.717, 1.165) is 22.4 Å². The van der Waals surface area contributed by atoms with Gasteiger partial charge in [-0.15, -0.1) is 0 Å². The average molecular weight is 413 g/mol. The lowest BCUT2D eigenvalue weighted by Gasteiger charge is -2.36. The van der Waals surface area contributed by atoms with E-state index in [2.05, 4.69) is 4.98 Å². The first-order valence-corrected chi connectivity index (χ1v) is 11.0. The van der Waals surface area contributed by atoms with Crippen molar-refractivity contribution in [3.63, 3.8) is 0 Å². The van der Waals surface area contributed by atoms with Gasteiger partial charge in [-0.2, -0.15) is 0 Å². The van der Waals surface area contributed by atoms with Gasteiger partial charge in [0, 0.05) is 24.8 Å². The highest BCUT2D eigenvalue weighted by molar-refractivity contribution is 7.84. The van der Waals surface area contributed by atoms with Crippen molar-refractivity contribution in [3.05, 3.63) is 29.6 Å². The number of nitrogens with zero attached hydrogens (tertiary/aromatic N) is 1. The van der Waals surface area contributed by atoms with Gasteiger partial charge in [0.2, 0.25) is 5.92 Å². The molecule has 2 aromatic rings. The molecule has 156 valence electrons. The number of nitrogens with two attached hydrogens (primary N) is 2. The molecule has 1 unspecified atom stereocenters. The molecule has 0 amide bonds. The van der Waals surface area contributed by atoms with Crippen molar-refractivity contribution in [1.29, 1.82) is 0 Å². The molecule has 0 spiro atoms. The lowest BCUT2D eigenvalue weighted by Crippen LogP contribution is -2.37. The number of aromatic nitrogens is 2. The summed E-state index contributed by atoms with van der Waals surface area (Å²) in [5, 5.41) is 5.71. The fourth-order valence-corrected chi connectivity index (χ4v) is 4.41. The molecular formula is C20H30F2N4OS. The Kier molecular flexibility index (Phi) is 5.94. The second-order valence-corrected chi connectivity index (χ2v) is 10.4. The van der Waals surface area contributed by atoms with Crippen molar-refractivity contribution in [1.82, 2.24) is 9.97 Å². The standard InChI is InChI=1S/C20H30F2N4OS/c1-12(23)14-4-5-16-17(10-14)26-18(25-16)15(11-19(2,3)28(24)27)13-6-8-20(21,22)9-7-13/h4-5,10,12-13,15H,6-9,11,23-24H2,1-3H3,(H,25,26)/t12-,15-,28?/m0/s1. The van der Waals surface area contributed by atoms with Crippen LogP contribution in [0.5, 0.6) is 0 Å². The Labute approximate surface area is 167 Å². The summed E-state index contributed by atoms with van der Waals surface area (Å²) in [6.07, 6.45) is 1.14. The number of nitrogens with one attached hydrogen (secondary N) is 1. The monoisotopic (exact) mass is 412 g/mol. The Morgan fingerprint density at radius 1 is 1.36 bits per heavy atom. The van der Waals surface area contributed by atoms with Crippen molar-refractivity contribution >= 4 is 22.0 Å². The Hall–Kier alpha value is -1.38. The van der Waals surface area contributed by atoms with Crippen LogP contribution in [-0.4, -0.2) is 24.8 Å². The van der Waals surface area contributed by atoms with Crippen LogP contribution in [0.25, 0.3) is 11.0 Å². The predicted molar refractivity (Wildman–Crippen MR) is 109 cm³/mol. The number of H-pyrrole nitrogens is 1. The van der Waals surface area contributed by atoms with Crippen LogP contribution in [0.1, 0.15) is 76.2 Å². The number of rotatable bonds is 6. The molecule has 1 saturated carbocycles. The van der Waals surface area contributed by atoms with Gasteiger partial charge in [0.05, 0.1) is 26.8 Å². The number of imidazole rings is 1. The minimum Gasteiger partial charge on any atom is -0.342 e. The summed E-state index contributed by atoms with van der Waals surface area (Å²) < 4.78 is 38.8. The lowest BCUT2D eigenvalue weighted by atomic mass is 9.75. The zero-order chi connectivity index (χ0) is 20.7. The van der Waals surface area contributed by atoms with Crippen LogP contribution in [-0.2, 0) is 11.0 Å². The summed E-state index contributed by atoms with van der Waals surface area (Å²) in [7, 11) is -1.52. The maximum Gasteiger partial charge on any atom is 0.248 e. The van der Waals surface area contributed by atoms with Gasteiger partial charge in [-0.25, -0.2) is 18.0 Å². The number of aromatic amines is 1. The van der Waals surface area contributed by atoms with Crippen molar-refractivity contribution in [2.24, 2.45) is 16.8 Å². The third kappa shape index (κ3) is 4.60. The van der Waals surface area contributed by atoms with Gasteiger partial charge in [0.15, 0.2) is 0 Å². The number of alkyl halides is 2. The number of hydrogen-bond donors (Lipinski definition) is 3. The second-order valence-electron chi connectivity index (χ2n) is 8.75. The third-order valence-corrected chi connectivity index (χ3v) is 7.24. The minimum absolute atomic E-state index is 0.0518. The topological polar surface area (TPSA) is 97.8 Å². The summed E-state index contributed by atoms with van der Waals surface area (Å²) in [4.78, 5) is 8.12. The predicted octanol–water partition coefficient (Wildman–Crippen LogP) is 4.28. The Morgan fingerprint density at radius 3 is 2.57 bits per heavy atom. The summed E-state index contributed by atoms with van der Waals surface area (Å²) in [5.41, 5.74) is 8.67. The SMILES string of the molecule is C[C@H](N)c1ccc2nc([C@@H](CC(C)(C)S(N)=O)C3CCC(F)(F)CC3)[nH]c2c1. The average Bonchev–Trinajstić information content (AvgIpc) is 3.02. The van der Waals surface area contributed by atoms with Gasteiger partial charge < -0.3 is 10.7 Å². The van der Waals surface area contributed by atoms with Crippen LogP contribution in [0.4, 0.5) is 8.78 Å². The molecule has 1 aliphatic carbocycles. The van der Waals surface area contributed by atoms with E-state index >= 15 is 0 Å². The fraction of sp³-hybridized carbons (Fsp3) is 0.650. The number of fused-ring (bicyclic) bond motifs is 1. The molecule has 1 heterocycles. The maximum absolute atomic E-state index is 13.7. The molecule has 0 bridgehead atoms. The molecule has 5 nitrogen and oxygen atoms in total. The highest BCUT2D eigenvalue weighted by Gasteiger charge is 2.41. The van der Waals surface area contributed by atoms with E-state index in [1.165, 1.54) is 0 Å². The van der Waals surface area contributed by atoms with Gasteiger partial charge in [-0.3, -0.25) is 5.14 Å². The molecule has 0 saturated heterocycles. The van der Waals surface area contributed by atoms with Gasteiger partial charge in [-0.05, 0) is 63.6 Å². The van der Waals surface area contributed by atoms with Crippen molar-refractivity contribution in [2.45, 2.75) is 75.5 Å². The number of benzene rings is 1. The zero-order valence-electron chi connectivity index (χ0n) is 16.7. The molecule has 0 radical (unpaired) electrons. The molecule has 3 rings (SSSR count). The van der Waals surface area contributed by atoms with E-state index in [1.54, 1.807) is 0 Å². The highest BCUT2D eigenvalue weighted by atomic mass is 32.2. The summed E-state index contributed by atoms with van der Waals surface area (Å²) in [6, 6.07) is 5.76. The van der Waals surface area contributed by atoms with E-state index in [0.29, 0.717) is 19.3 Å². The van der Waals surface area contributed by atoms with Crippen LogP contribution >= 0.6 is 0 Å². The van der Waals surface area contributed by atoms with E-state index in [1.807, 2.05) is 39.0 Å². The molecule has 0 aliphatic heterocycles. The van der Waals surface area contributed by atoms with Crippen LogP contribution in [0.2, 0.25) is 0 Å². The Bertz CT molecular complexity index is 855. The Morgan fingerprint density at radius 2 is 2.00 bits per heavy atom. The van der Waals surface area contributed by atoms with E-state index in [-0.39, 0.29) is 30.7 Å². The van der Waals surface area contributed by atoms with Crippen molar-refractivity contribution < 1.29 is 13.0 Å². The van der Waals surface area contributed by atoms with Gasteiger partial charge in [0.1, 0.15) is 5.82 Å². The van der Waals surface area contributed by atoms with Crippen LogP contribution in [0.15, 0.2) is 18.2 Å². The maximum atomic E-state index is 13.7. The van der Waals surface area contributed by atoms with Crippen LogP contribution < -0.4 is 10.9 Å². The Balaban J connectivity index is 1.96. The highest BCUT2D eigenvalue weighted by Crippen LogP contribution is 2.45. The van der Waals surface area contributed by atoms with Gasteiger partial charge >= 0.3 is 0 Å². The second kappa shape index (κ2) is 7.80. The van der Waals surface area contributed by atoms with E-state index in [9.17, 15) is 13.0 Å². The van der Waals surface area contributed by atoms with Crippen LogP contribution in [0, 0.1) is 5.92 Å². The first-order chi connectivity index (χ1) is 13.0. The summed E-state index contributed by atoms with van der Waals surface area (Å²) >= 11 is 0. The lowest BCUT2D eigenvalue weighted by molar-refractivity contribution is -0.0493. The third-order valence-electron chi connectivity index (χ3n) is 5.99. The molecule has 1 aromatic heterocycles. The largest absolute Gasteiger partial charge is 0.342 e. The summed E-state index contributed by atoms with van der Waals surface area (Å²) in [6.45, 7) is 5.62. The fourth-order valence-electron chi connectivity index (χ4n) is 4.07. The first-order valence-electron chi connectivity index (χ1n) is 9.78. The first kappa shape index (κ1) is 21.3. The van der Waals surface area contributed by atoms with E-state index < -0.39 is 21.7 Å². The van der Waals surface area contributed by atoms with Crippen molar-refractivity contribution in [3.8, 4) is 0 Å². The molecular weight excluding hydrogens is 382 g/mol. The molecule has 1 aliphatic rings. The van der Waals surface area contributed by atoms with Crippen molar-refractivity contribution in [2.75, 3.05) is 0 Å². The molecule has 28 heavy (non-hydrogen) atoms. The van der Waals surface area contributed by atoms with Gasteiger partial charge in [-0.1, -0.05) is 6.07 Å². The zero-order valence-corrected chi connectivity index (χ0v) is 17.5. The number of hydrogen-bond acceptors (Lipinski definition) is 3. The number of halogens is 2. The minimum atomic E-state index is -2.59. The molecule has 5 N–H and O–H groups in total. The normalized spacial score (nSPS) is 21.5. The molecule has 1 fully saturated rings. The van der Waals surface area contributed by atoms with Gasteiger partial charge in [0.25, 0.3) is 0 Å².